The van der Waals surface area contributed by atoms with Gasteiger partial charge in [0.15, 0.2) is 0 Å². The van der Waals surface area contributed by atoms with Crippen LogP contribution in [-0.2, 0) is 19.5 Å². The number of ether oxygens (including phenoxy) is 2. The van der Waals surface area contributed by atoms with Crippen molar-refractivity contribution in [1.29, 1.82) is 0 Å². The smallest absolute Gasteiger partial charge is 0.243 e. The summed E-state index contributed by atoms with van der Waals surface area (Å²) >= 11 is 5.79. The number of methoxy groups -OCH3 is 1. The topological polar surface area (TPSA) is 77.5 Å². The van der Waals surface area contributed by atoms with Gasteiger partial charge in [-0.2, -0.15) is 0 Å². The molecule has 1 aromatic rings. The van der Waals surface area contributed by atoms with Gasteiger partial charge >= 0.3 is 0 Å². The fourth-order valence-electron chi connectivity index (χ4n) is 1.84. The Morgan fingerprint density at radius 2 is 2.42 bits per heavy atom. The molecule has 0 spiro atoms. The van der Waals surface area contributed by atoms with Gasteiger partial charge in [-0.3, -0.25) is 0 Å². The summed E-state index contributed by atoms with van der Waals surface area (Å²) in [5.41, 5.74) is -0.609. The Labute approximate surface area is 117 Å². The molecule has 1 aliphatic rings. The van der Waals surface area contributed by atoms with Crippen LogP contribution in [0.4, 0.5) is 0 Å². The van der Waals surface area contributed by atoms with Crippen molar-refractivity contribution in [3.8, 4) is 0 Å². The molecular formula is C11H15ClN2O4S. The highest BCUT2D eigenvalue weighted by atomic mass is 35.5. The number of aromatic nitrogens is 1. The molecule has 6 nitrogen and oxygen atoms in total. The van der Waals surface area contributed by atoms with Crippen LogP contribution in [0.25, 0.3) is 0 Å². The third kappa shape index (κ3) is 3.24. The van der Waals surface area contributed by atoms with E-state index in [2.05, 4.69) is 9.71 Å². The van der Waals surface area contributed by atoms with Crippen LogP contribution < -0.4 is 4.72 Å². The average molecular weight is 307 g/mol. The Bertz CT molecular complexity index is 543. The highest BCUT2D eigenvalue weighted by Gasteiger charge is 2.36. The van der Waals surface area contributed by atoms with Gasteiger partial charge in [0.05, 0.1) is 6.61 Å². The van der Waals surface area contributed by atoms with Gasteiger partial charge in [-0.1, -0.05) is 11.6 Å². The molecule has 2 heterocycles. The molecule has 0 saturated carbocycles. The van der Waals surface area contributed by atoms with Crippen molar-refractivity contribution in [2.45, 2.75) is 16.9 Å². The predicted octanol–water partition coefficient (Wildman–Crippen LogP) is 0.819. The Morgan fingerprint density at radius 3 is 3.00 bits per heavy atom. The van der Waals surface area contributed by atoms with Crippen molar-refractivity contribution < 1.29 is 17.9 Å². The molecule has 1 fully saturated rings. The number of hydrogen-bond acceptors (Lipinski definition) is 5. The molecule has 1 atom stereocenters. The third-order valence-corrected chi connectivity index (χ3v) is 4.94. The molecule has 1 N–H and O–H groups in total. The van der Waals surface area contributed by atoms with Crippen LogP contribution in [0.1, 0.15) is 6.42 Å². The molecule has 106 valence electrons. The Balaban J connectivity index is 2.12. The molecule has 0 aliphatic carbocycles. The molecule has 0 amide bonds. The number of hydrogen-bond donors (Lipinski definition) is 1. The lowest BCUT2D eigenvalue weighted by Gasteiger charge is -2.25. The van der Waals surface area contributed by atoms with Crippen molar-refractivity contribution in [2.75, 3.05) is 26.9 Å². The normalized spacial score (nSPS) is 23.7. The van der Waals surface area contributed by atoms with Gasteiger partial charge in [0.1, 0.15) is 15.6 Å². The molecule has 19 heavy (non-hydrogen) atoms. The molecule has 0 radical (unpaired) electrons. The van der Waals surface area contributed by atoms with Gasteiger partial charge in [0.25, 0.3) is 0 Å². The SMILES string of the molecule is COC1(CNS(=O)(=O)c2cccnc2Cl)CCOC1. The summed E-state index contributed by atoms with van der Waals surface area (Å²) < 4.78 is 37.4. The minimum absolute atomic E-state index is 0.0400. The van der Waals surface area contributed by atoms with Gasteiger partial charge in [-0.25, -0.2) is 18.1 Å². The summed E-state index contributed by atoms with van der Waals surface area (Å²) in [5, 5.41) is -0.0517. The molecule has 0 bridgehead atoms. The van der Waals surface area contributed by atoms with E-state index in [4.69, 9.17) is 21.1 Å². The van der Waals surface area contributed by atoms with Crippen LogP contribution in [0.5, 0.6) is 0 Å². The van der Waals surface area contributed by atoms with Gasteiger partial charge in [0, 0.05) is 32.9 Å². The first kappa shape index (κ1) is 14.7. The van der Waals surface area contributed by atoms with Crippen LogP contribution in [-0.4, -0.2) is 45.9 Å². The van der Waals surface area contributed by atoms with Gasteiger partial charge < -0.3 is 9.47 Å². The van der Waals surface area contributed by atoms with Crippen molar-refractivity contribution in [1.82, 2.24) is 9.71 Å². The monoisotopic (exact) mass is 306 g/mol. The molecule has 0 aromatic carbocycles. The van der Waals surface area contributed by atoms with E-state index in [1.807, 2.05) is 0 Å². The summed E-state index contributed by atoms with van der Waals surface area (Å²) in [5.74, 6) is 0. The maximum Gasteiger partial charge on any atom is 0.243 e. The lowest BCUT2D eigenvalue weighted by atomic mass is 10.0. The highest BCUT2D eigenvalue weighted by molar-refractivity contribution is 7.89. The lowest BCUT2D eigenvalue weighted by molar-refractivity contribution is -0.0120. The zero-order valence-electron chi connectivity index (χ0n) is 10.4. The van der Waals surface area contributed by atoms with Crippen LogP contribution in [0.2, 0.25) is 5.15 Å². The second-order valence-electron chi connectivity index (χ2n) is 4.31. The molecule has 2 rings (SSSR count). The minimum Gasteiger partial charge on any atom is -0.378 e. The fourth-order valence-corrected chi connectivity index (χ4v) is 3.40. The minimum atomic E-state index is -3.71. The molecule has 1 aromatic heterocycles. The Hall–Kier alpha value is -0.730. The fraction of sp³-hybridized carbons (Fsp3) is 0.545. The quantitative estimate of drug-likeness (QED) is 0.815. The standard InChI is InChI=1S/C11H15ClN2O4S/c1-17-11(4-6-18-8-11)7-14-19(15,16)9-3-2-5-13-10(9)12/h2-3,5,14H,4,6-8H2,1H3. The first-order valence-corrected chi connectivity index (χ1v) is 7.58. The summed E-state index contributed by atoms with van der Waals surface area (Å²) in [6.07, 6.45) is 2.08. The largest absolute Gasteiger partial charge is 0.378 e. The summed E-state index contributed by atoms with van der Waals surface area (Å²) in [7, 11) is -2.16. The van der Waals surface area contributed by atoms with Crippen molar-refractivity contribution in [3.05, 3.63) is 23.5 Å². The van der Waals surface area contributed by atoms with Crippen molar-refractivity contribution >= 4 is 21.6 Å². The van der Waals surface area contributed by atoms with Crippen molar-refractivity contribution in [3.63, 3.8) is 0 Å². The number of nitrogens with one attached hydrogen (secondary N) is 1. The zero-order valence-corrected chi connectivity index (χ0v) is 12.0. The van der Waals surface area contributed by atoms with Gasteiger partial charge in [-0.05, 0) is 12.1 Å². The molecule has 1 unspecified atom stereocenters. The van der Waals surface area contributed by atoms with Gasteiger partial charge in [-0.15, -0.1) is 0 Å². The summed E-state index contributed by atoms with van der Waals surface area (Å²) in [4.78, 5) is 3.71. The Morgan fingerprint density at radius 1 is 1.63 bits per heavy atom. The van der Waals surface area contributed by atoms with E-state index < -0.39 is 15.6 Å². The van der Waals surface area contributed by atoms with E-state index in [0.29, 0.717) is 19.6 Å². The van der Waals surface area contributed by atoms with Crippen LogP contribution in [0.3, 0.4) is 0 Å². The van der Waals surface area contributed by atoms with E-state index in [1.54, 1.807) is 7.11 Å². The highest BCUT2D eigenvalue weighted by Crippen LogP contribution is 2.23. The molecule has 8 heteroatoms. The number of sulfonamides is 1. The van der Waals surface area contributed by atoms with Crippen LogP contribution in [0.15, 0.2) is 23.2 Å². The zero-order chi connectivity index (χ0) is 13.9. The molecule has 1 aliphatic heterocycles. The van der Waals surface area contributed by atoms with E-state index in [0.717, 1.165) is 0 Å². The maximum absolute atomic E-state index is 12.1. The lowest BCUT2D eigenvalue weighted by Crippen LogP contribution is -2.45. The molecular weight excluding hydrogens is 292 g/mol. The number of halogens is 1. The van der Waals surface area contributed by atoms with Gasteiger partial charge in [0.2, 0.25) is 10.0 Å². The first-order chi connectivity index (χ1) is 8.99. The number of nitrogens with zero attached hydrogens (tertiary/aromatic N) is 1. The third-order valence-electron chi connectivity index (χ3n) is 3.10. The van der Waals surface area contributed by atoms with E-state index >= 15 is 0 Å². The summed E-state index contributed by atoms with van der Waals surface area (Å²) in [6, 6.07) is 2.92. The van der Waals surface area contributed by atoms with E-state index in [1.165, 1.54) is 18.3 Å². The predicted molar refractivity (Wildman–Crippen MR) is 69.6 cm³/mol. The second-order valence-corrected chi connectivity index (χ2v) is 6.40. The number of rotatable bonds is 5. The number of pyridine rings is 1. The van der Waals surface area contributed by atoms with Crippen LogP contribution in [0, 0.1) is 0 Å². The van der Waals surface area contributed by atoms with E-state index in [9.17, 15) is 8.42 Å². The second kappa shape index (κ2) is 5.72. The maximum atomic E-state index is 12.1. The van der Waals surface area contributed by atoms with E-state index in [-0.39, 0.29) is 16.6 Å². The van der Waals surface area contributed by atoms with Crippen molar-refractivity contribution in [2.24, 2.45) is 0 Å². The average Bonchev–Trinajstić information content (AvgIpc) is 2.86. The molecule has 1 saturated heterocycles. The van der Waals surface area contributed by atoms with Crippen LogP contribution >= 0.6 is 11.6 Å². The first-order valence-electron chi connectivity index (χ1n) is 5.72. The Kier molecular flexibility index (Phi) is 4.42. The summed E-state index contributed by atoms with van der Waals surface area (Å²) in [6.45, 7) is 1.06.